The second-order valence-electron chi connectivity index (χ2n) is 7.27. The Morgan fingerprint density at radius 2 is 2.08 bits per heavy atom. The molecule has 134 valence electrons. The number of fused-ring (bicyclic) bond motifs is 4. The highest BCUT2D eigenvalue weighted by Crippen LogP contribution is 2.54. The predicted molar refractivity (Wildman–Crippen MR) is 101 cm³/mol. The Kier molecular flexibility index (Phi) is 3.52. The summed E-state index contributed by atoms with van der Waals surface area (Å²) in [4.78, 5) is 13.2. The summed E-state index contributed by atoms with van der Waals surface area (Å²) < 4.78 is 12.7. The lowest BCUT2D eigenvalue weighted by Gasteiger charge is -2.52. The van der Waals surface area contributed by atoms with E-state index in [0.717, 1.165) is 47.6 Å². The molecule has 0 unspecified atom stereocenters. The zero-order valence-electron chi connectivity index (χ0n) is 14.5. The molecule has 26 heavy (non-hydrogen) atoms. The average molecular weight is 368 g/mol. The highest BCUT2D eigenvalue weighted by Gasteiger charge is 2.59. The first-order valence-corrected chi connectivity index (χ1v) is 9.78. The van der Waals surface area contributed by atoms with Crippen molar-refractivity contribution in [2.75, 3.05) is 12.4 Å². The molecule has 4 heterocycles. The number of hydrogen-bond acceptors (Lipinski definition) is 7. The fraction of sp³-hybridized carbons (Fsp3) is 0.421. The van der Waals surface area contributed by atoms with E-state index < -0.39 is 11.1 Å². The van der Waals surface area contributed by atoms with Crippen molar-refractivity contribution in [2.24, 2.45) is 10.7 Å². The van der Waals surface area contributed by atoms with Gasteiger partial charge in [0.1, 0.15) is 29.3 Å². The van der Waals surface area contributed by atoms with E-state index in [1.807, 2.05) is 24.5 Å². The SMILES string of the molecule is C[C@]12CCCO[C@@H]1[C@]1(CSC(N)=N1)c1cc(-c3cncnc3)ccc1O2. The summed E-state index contributed by atoms with van der Waals surface area (Å²) in [5.74, 6) is 1.64. The molecule has 5 rings (SSSR count). The van der Waals surface area contributed by atoms with E-state index in [4.69, 9.17) is 20.2 Å². The lowest BCUT2D eigenvalue weighted by atomic mass is 9.72. The van der Waals surface area contributed by atoms with Crippen molar-refractivity contribution in [3.8, 4) is 16.9 Å². The van der Waals surface area contributed by atoms with Crippen molar-refractivity contribution in [3.63, 3.8) is 0 Å². The first-order valence-electron chi connectivity index (χ1n) is 8.79. The van der Waals surface area contributed by atoms with E-state index in [9.17, 15) is 0 Å². The molecule has 0 aliphatic carbocycles. The topological polar surface area (TPSA) is 82.6 Å². The number of amidine groups is 1. The van der Waals surface area contributed by atoms with Crippen molar-refractivity contribution >= 4 is 16.9 Å². The van der Waals surface area contributed by atoms with Gasteiger partial charge in [0, 0.05) is 35.9 Å². The molecular weight excluding hydrogens is 348 g/mol. The minimum absolute atomic E-state index is 0.146. The summed E-state index contributed by atoms with van der Waals surface area (Å²) in [7, 11) is 0. The molecule has 3 aliphatic rings. The molecule has 1 aromatic carbocycles. The van der Waals surface area contributed by atoms with E-state index in [1.54, 1.807) is 11.8 Å². The molecule has 0 radical (unpaired) electrons. The lowest BCUT2D eigenvalue weighted by Crippen LogP contribution is -2.62. The Labute approximate surface area is 156 Å². The van der Waals surface area contributed by atoms with Gasteiger partial charge in [-0.2, -0.15) is 0 Å². The Morgan fingerprint density at radius 3 is 2.85 bits per heavy atom. The van der Waals surface area contributed by atoms with E-state index in [2.05, 4.69) is 23.0 Å². The second-order valence-corrected chi connectivity index (χ2v) is 8.27. The number of benzene rings is 1. The summed E-state index contributed by atoms with van der Waals surface area (Å²) in [6, 6.07) is 6.21. The smallest absolute Gasteiger partial charge is 0.155 e. The third-order valence-corrected chi connectivity index (χ3v) is 6.49. The van der Waals surface area contributed by atoms with Gasteiger partial charge < -0.3 is 15.2 Å². The molecule has 1 fully saturated rings. The van der Waals surface area contributed by atoms with E-state index in [0.29, 0.717) is 5.17 Å². The standard InChI is InChI=1S/C19H20N4O2S/c1-18-5-2-6-24-16(18)19(10-26-17(20)23-19)14-7-12(3-4-15(14)25-18)13-8-21-11-22-9-13/h3-4,7-9,11,16H,2,5-6,10H2,1H3,(H2,20,23)/t16-,18-,19-/m0/s1. The van der Waals surface area contributed by atoms with Gasteiger partial charge >= 0.3 is 0 Å². The zero-order valence-corrected chi connectivity index (χ0v) is 15.3. The number of aliphatic imine (C=N–C) groups is 1. The van der Waals surface area contributed by atoms with Crippen LogP contribution in [-0.4, -0.2) is 39.2 Å². The Hall–Kier alpha value is -2.12. The van der Waals surface area contributed by atoms with Gasteiger partial charge in [-0.05, 0) is 37.5 Å². The highest BCUT2D eigenvalue weighted by molar-refractivity contribution is 8.14. The van der Waals surface area contributed by atoms with Gasteiger partial charge in [0.05, 0.1) is 0 Å². The quantitative estimate of drug-likeness (QED) is 0.833. The summed E-state index contributed by atoms with van der Waals surface area (Å²) in [5.41, 5.74) is 8.25. The maximum absolute atomic E-state index is 6.46. The third kappa shape index (κ3) is 2.27. The molecule has 0 amide bonds. The monoisotopic (exact) mass is 368 g/mol. The van der Waals surface area contributed by atoms with Crippen LogP contribution in [0.3, 0.4) is 0 Å². The van der Waals surface area contributed by atoms with E-state index in [-0.39, 0.29) is 6.10 Å². The molecule has 1 aromatic heterocycles. The summed E-state index contributed by atoms with van der Waals surface area (Å²) in [6.45, 7) is 2.86. The van der Waals surface area contributed by atoms with Gasteiger partial charge in [-0.3, -0.25) is 0 Å². The molecular formula is C19H20N4O2S. The fourth-order valence-electron chi connectivity index (χ4n) is 4.37. The molecule has 7 heteroatoms. The molecule has 2 N–H and O–H groups in total. The number of thioether (sulfide) groups is 1. The molecule has 1 saturated heterocycles. The van der Waals surface area contributed by atoms with Crippen molar-refractivity contribution in [3.05, 3.63) is 42.5 Å². The van der Waals surface area contributed by atoms with Crippen LogP contribution in [0, 0.1) is 0 Å². The lowest BCUT2D eigenvalue weighted by molar-refractivity contribution is -0.160. The number of nitrogens with two attached hydrogens (primary N) is 1. The van der Waals surface area contributed by atoms with Gasteiger partial charge in [0.15, 0.2) is 5.17 Å². The van der Waals surface area contributed by atoms with Crippen LogP contribution in [0.25, 0.3) is 11.1 Å². The Morgan fingerprint density at radius 1 is 1.23 bits per heavy atom. The molecule has 0 bridgehead atoms. The van der Waals surface area contributed by atoms with Crippen molar-refractivity contribution in [2.45, 2.75) is 37.0 Å². The van der Waals surface area contributed by atoms with Crippen molar-refractivity contribution in [1.29, 1.82) is 0 Å². The number of hydrogen-bond donors (Lipinski definition) is 1. The third-order valence-electron chi connectivity index (χ3n) is 5.52. The number of nitrogens with zero attached hydrogens (tertiary/aromatic N) is 3. The molecule has 3 aliphatic heterocycles. The van der Waals surface area contributed by atoms with Crippen LogP contribution in [-0.2, 0) is 10.3 Å². The predicted octanol–water partition coefficient (Wildman–Crippen LogP) is 2.73. The summed E-state index contributed by atoms with van der Waals surface area (Å²) in [6.07, 6.45) is 6.96. The number of ether oxygens (including phenoxy) is 2. The van der Waals surface area contributed by atoms with E-state index in [1.165, 1.54) is 6.33 Å². The molecule has 0 saturated carbocycles. The normalized spacial score (nSPS) is 32.5. The second kappa shape index (κ2) is 5.69. The molecule has 6 nitrogen and oxygen atoms in total. The largest absolute Gasteiger partial charge is 0.484 e. The molecule has 1 spiro atoms. The van der Waals surface area contributed by atoms with Gasteiger partial charge in [0.25, 0.3) is 0 Å². The van der Waals surface area contributed by atoms with Crippen LogP contribution < -0.4 is 10.5 Å². The van der Waals surface area contributed by atoms with E-state index >= 15 is 0 Å². The van der Waals surface area contributed by atoms with Crippen LogP contribution in [0.4, 0.5) is 0 Å². The minimum Gasteiger partial charge on any atom is -0.484 e. The minimum atomic E-state index is -0.511. The van der Waals surface area contributed by atoms with Crippen LogP contribution in [0.5, 0.6) is 5.75 Å². The zero-order chi connectivity index (χ0) is 17.8. The summed E-state index contributed by atoms with van der Waals surface area (Å²) in [5, 5.41) is 0.614. The Bertz CT molecular complexity index is 890. The van der Waals surface area contributed by atoms with Crippen molar-refractivity contribution in [1.82, 2.24) is 9.97 Å². The van der Waals surface area contributed by atoms with Crippen LogP contribution >= 0.6 is 11.8 Å². The summed E-state index contributed by atoms with van der Waals surface area (Å²) >= 11 is 1.59. The first-order chi connectivity index (χ1) is 12.6. The maximum Gasteiger partial charge on any atom is 0.155 e. The maximum atomic E-state index is 6.46. The van der Waals surface area contributed by atoms with Gasteiger partial charge in [-0.25, -0.2) is 15.0 Å². The first kappa shape index (κ1) is 16.1. The number of aromatic nitrogens is 2. The van der Waals surface area contributed by atoms with Gasteiger partial charge in [0.2, 0.25) is 0 Å². The number of rotatable bonds is 1. The van der Waals surface area contributed by atoms with Crippen molar-refractivity contribution < 1.29 is 9.47 Å². The molecule has 2 aromatic rings. The Balaban J connectivity index is 1.71. The fourth-order valence-corrected chi connectivity index (χ4v) is 5.34. The average Bonchev–Trinajstić information content (AvgIpc) is 3.04. The van der Waals surface area contributed by atoms with Crippen LogP contribution in [0.15, 0.2) is 41.9 Å². The van der Waals surface area contributed by atoms with Crippen LogP contribution in [0.2, 0.25) is 0 Å². The molecule has 3 atom stereocenters. The van der Waals surface area contributed by atoms with Crippen LogP contribution in [0.1, 0.15) is 25.3 Å². The van der Waals surface area contributed by atoms with Gasteiger partial charge in [-0.1, -0.05) is 17.8 Å². The highest BCUT2D eigenvalue weighted by atomic mass is 32.2. The van der Waals surface area contributed by atoms with Gasteiger partial charge in [-0.15, -0.1) is 0 Å².